The zero-order valence-corrected chi connectivity index (χ0v) is 15.5. The van der Waals surface area contributed by atoms with Gasteiger partial charge in [0.2, 0.25) is 15.9 Å². The van der Waals surface area contributed by atoms with Gasteiger partial charge >= 0.3 is 0 Å². The van der Waals surface area contributed by atoms with Gasteiger partial charge in [-0.3, -0.25) is 9.69 Å². The summed E-state index contributed by atoms with van der Waals surface area (Å²) in [6, 6.07) is 11.8. The van der Waals surface area contributed by atoms with Gasteiger partial charge in [0.05, 0.1) is 11.4 Å². The lowest BCUT2D eigenvalue weighted by molar-refractivity contribution is -0.117. The third-order valence-electron chi connectivity index (χ3n) is 4.12. The number of hydrogen-bond donors (Lipinski definition) is 2. The topological polar surface area (TPSA) is 92.5 Å². The number of benzene rings is 2. The van der Waals surface area contributed by atoms with E-state index in [1.54, 1.807) is 12.1 Å². The maximum atomic E-state index is 13.1. The van der Waals surface area contributed by atoms with E-state index in [0.717, 1.165) is 5.56 Å². The number of amides is 1. The molecular formula is C18H22FN3O3S. The van der Waals surface area contributed by atoms with Gasteiger partial charge in [-0.05, 0) is 55.4 Å². The van der Waals surface area contributed by atoms with E-state index in [9.17, 15) is 17.6 Å². The molecule has 0 aliphatic carbocycles. The summed E-state index contributed by atoms with van der Waals surface area (Å²) in [5, 5.41) is 7.77. The van der Waals surface area contributed by atoms with Crippen molar-refractivity contribution in [3.8, 4) is 0 Å². The average Bonchev–Trinajstić information content (AvgIpc) is 2.59. The molecule has 3 N–H and O–H groups in total. The number of sulfonamides is 1. The highest BCUT2D eigenvalue weighted by Crippen LogP contribution is 2.20. The molecule has 0 aromatic heterocycles. The van der Waals surface area contributed by atoms with E-state index in [0.29, 0.717) is 12.2 Å². The van der Waals surface area contributed by atoms with E-state index < -0.39 is 10.0 Å². The maximum absolute atomic E-state index is 13.1. The van der Waals surface area contributed by atoms with Crippen molar-refractivity contribution >= 4 is 21.6 Å². The second-order valence-electron chi connectivity index (χ2n) is 5.91. The molecule has 26 heavy (non-hydrogen) atoms. The van der Waals surface area contributed by atoms with Crippen LogP contribution in [0.25, 0.3) is 0 Å². The molecule has 0 aliphatic rings. The van der Waals surface area contributed by atoms with Gasteiger partial charge in [0.1, 0.15) is 5.82 Å². The highest BCUT2D eigenvalue weighted by Gasteiger charge is 2.17. The number of likely N-dealkylation sites (N-methyl/N-ethyl adjacent to an activating group) is 1. The number of nitrogens with one attached hydrogen (secondary N) is 1. The van der Waals surface area contributed by atoms with Crippen LogP contribution in [0, 0.1) is 5.82 Å². The van der Waals surface area contributed by atoms with E-state index in [4.69, 9.17) is 5.14 Å². The lowest BCUT2D eigenvalue weighted by Gasteiger charge is -2.27. The Morgan fingerprint density at radius 1 is 1.15 bits per heavy atom. The van der Waals surface area contributed by atoms with Gasteiger partial charge in [-0.25, -0.2) is 17.9 Å². The fourth-order valence-electron chi connectivity index (χ4n) is 2.59. The number of nitrogens with two attached hydrogens (primary N) is 1. The molecule has 0 aliphatic heterocycles. The van der Waals surface area contributed by atoms with Crippen LogP contribution in [0.4, 0.5) is 10.1 Å². The fourth-order valence-corrected chi connectivity index (χ4v) is 3.10. The molecule has 0 saturated heterocycles. The highest BCUT2D eigenvalue weighted by atomic mass is 32.2. The molecule has 140 valence electrons. The first-order valence-electron chi connectivity index (χ1n) is 8.13. The quantitative estimate of drug-likeness (QED) is 0.773. The van der Waals surface area contributed by atoms with Crippen LogP contribution in [-0.4, -0.2) is 32.3 Å². The minimum Gasteiger partial charge on any atom is -0.325 e. The lowest BCUT2D eigenvalue weighted by Crippen LogP contribution is -2.35. The number of carbonyl (C=O) groups excluding carboxylic acids is 1. The molecule has 0 fully saturated rings. The molecule has 6 nitrogen and oxygen atoms in total. The van der Waals surface area contributed by atoms with Crippen molar-refractivity contribution in [2.75, 3.05) is 18.4 Å². The molecule has 2 rings (SSSR count). The molecule has 0 spiro atoms. The van der Waals surface area contributed by atoms with Crippen molar-refractivity contribution in [2.24, 2.45) is 5.14 Å². The zero-order valence-electron chi connectivity index (χ0n) is 14.6. The standard InChI is InChI=1S/C18H22FN3O3S/c1-3-22(13(2)14-4-6-15(19)7-5-14)12-18(23)21-16-8-10-17(11-9-16)26(20,24)25/h4-11,13H,3,12H2,1-2H3,(H,21,23)(H2,20,24,25). The molecule has 0 saturated carbocycles. The van der Waals surface area contributed by atoms with Gasteiger partial charge in [0.25, 0.3) is 0 Å². The second-order valence-corrected chi connectivity index (χ2v) is 7.47. The van der Waals surface area contributed by atoms with Crippen molar-refractivity contribution in [2.45, 2.75) is 24.8 Å². The first-order chi connectivity index (χ1) is 12.2. The van der Waals surface area contributed by atoms with E-state index in [2.05, 4.69) is 5.32 Å². The molecule has 0 bridgehead atoms. The maximum Gasteiger partial charge on any atom is 0.238 e. The van der Waals surface area contributed by atoms with Gasteiger partial charge < -0.3 is 5.32 Å². The van der Waals surface area contributed by atoms with Crippen LogP contribution in [0.3, 0.4) is 0 Å². The third-order valence-corrected chi connectivity index (χ3v) is 5.05. The Hall–Kier alpha value is -2.29. The molecule has 0 radical (unpaired) electrons. The Morgan fingerprint density at radius 2 is 1.73 bits per heavy atom. The third kappa shape index (κ3) is 5.35. The summed E-state index contributed by atoms with van der Waals surface area (Å²) in [6.45, 7) is 4.67. The van der Waals surface area contributed by atoms with Crippen LogP contribution in [-0.2, 0) is 14.8 Å². The number of nitrogens with zero attached hydrogens (tertiary/aromatic N) is 1. The average molecular weight is 379 g/mol. The number of rotatable bonds is 7. The monoisotopic (exact) mass is 379 g/mol. The molecule has 1 atom stereocenters. The van der Waals surface area contributed by atoms with Gasteiger partial charge in [0.15, 0.2) is 0 Å². The van der Waals surface area contributed by atoms with Crippen molar-refractivity contribution < 1.29 is 17.6 Å². The van der Waals surface area contributed by atoms with Crippen LogP contribution in [0.1, 0.15) is 25.5 Å². The largest absolute Gasteiger partial charge is 0.325 e. The summed E-state index contributed by atoms with van der Waals surface area (Å²) < 4.78 is 35.5. The summed E-state index contributed by atoms with van der Waals surface area (Å²) in [7, 11) is -3.76. The molecule has 8 heteroatoms. The Morgan fingerprint density at radius 3 is 2.23 bits per heavy atom. The van der Waals surface area contributed by atoms with E-state index >= 15 is 0 Å². The minimum atomic E-state index is -3.76. The number of carbonyl (C=O) groups is 1. The fraction of sp³-hybridized carbons (Fsp3) is 0.278. The predicted octanol–water partition coefficient (Wildman–Crippen LogP) is 2.49. The summed E-state index contributed by atoms with van der Waals surface area (Å²) in [5.41, 5.74) is 1.39. The van der Waals surface area contributed by atoms with Crippen molar-refractivity contribution in [3.05, 3.63) is 59.9 Å². The van der Waals surface area contributed by atoms with Gasteiger partial charge in [0, 0.05) is 11.7 Å². The van der Waals surface area contributed by atoms with Crippen molar-refractivity contribution in [1.82, 2.24) is 4.90 Å². The molecule has 0 heterocycles. The molecule has 2 aromatic carbocycles. The van der Waals surface area contributed by atoms with E-state index in [1.165, 1.54) is 36.4 Å². The molecule has 1 amide bonds. The number of hydrogen-bond acceptors (Lipinski definition) is 4. The minimum absolute atomic E-state index is 0.0179. The van der Waals surface area contributed by atoms with Crippen LogP contribution >= 0.6 is 0 Å². The van der Waals surface area contributed by atoms with Gasteiger partial charge in [-0.1, -0.05) is 19.1 Å². The Bertz CT molecular complexity index is 852. The van der Waals surface area contributed by atoms with Crippen LogP contribution in [0.2, 0.25) is 0 Å². The number of primary sulfonamides is 1. The molecule has 1 unspecified atom stereocenters. The Balaban J connectivity index is 2.01. The van der Waals surface area contributed by atoms with Crippen LogP contribution < -0.4 is 10.5 Å². The van der Waals surface area contributed by atoms with Gasteiger partial charge in [-0.2, -0.15) is 0 Å². The van der Waals surface area contributed by atoms with Gasteiger partial charge in [-0.15, -0.1) is 0 Å². The Labute approximate surface area is 152 Å². The van der Waals surface area contributed by atoms with Crippen molar-refractivity contribution in [3.63, 3.8) is 0 Å². The van der Waals surface area contributed by atoms with Crippen molar-refractivity contribution in [1.29, 1.82) is 0 Å². The molecule has 2 aromatic rings. The SMILES string of the molecule is CCN(CC(=O)Nc1ccc(S(N)(=O)=O)cc1)C(C)c1ccc(F)cc1. The highest BCUT2D eigenvalue weighted by molar-refractivity contribution is 7.89. The zero-order chi connectivity index (χ0) is 19.3. The number of halogens is 1. The lowest BCUT2D eigenvalue weighted by atomic mass is 10.1. The Kier molecular flexibility index (Phi) is 6.47. The summed E-state index contributed by atoms with van der Waals surface area (Å²) in [5.74, 6) is -0.533. The normalized spacial score (nSPS) is 12.8. The predicted molar refractivity (Wildman–Crippen MR) is 98.5 cm³/mol. The summed E-state index contributed by atoms with van der Waals surface area (Å²) >= 11 is 0. The van der Waals surface area contributed by atoms with E-state index in [-0.39, 0.29) is 29.2 Å². The van der Waals surface area contributed by atoms with Crippen LogP contribution in [0.5, 0.6) is 0 Å². The molecular weight excluding hydrogens is 357 g/mol. The summed E-state index contributed by atoms with van der Waals surface area (Å²) in [6.07, 6.45) is 0. The first kappa shape index (κ1) is 20.0. The van der Waals surface area contributed by atoms with Crippen LogP contribution in [0.15, 0.2) is 53.4 Å². The first-order valence-corrected chi connectivity index (χ1v) is 9.67. The smallest absolute Gasteiger partial charge is 0.238 e. The second kappa shape index (κ2) is 8.39. The summed E-state index contributed by atoms with van der Waals surface area (Å²) in [4.78, 5) is 14.2. The number of anilines is 1. The van der Waals surface area contributed by atoms with E-state index in [1.807, 2.05) is 18.7 Å².